The summed E-state index contributed by atoms with van der Waals surface area (Å²) in [5, 5.41) is 11.2. The maximum absolute atomic E-state index is 12.6. The van der Waals surface area contributed by atoms with Crippen molar-refractivity contribution in [3.8, 4) is 5.75 Å². The molecule has 1 aliphatic heterocycles. The van der Waals surface area contributed by atoms with Gasteiger partial charge in [-0.1, -0.05) is 18.0 Å². The van der Waals surface area contributed by atoms with Crippen molar-refractivity contribution in [1.82, 2.24) is 9.62 Å². The molecule has 0 unspecified atom stereocenters. The molecule has 1 fully saturated rings. The molecule has 0 atom stereocenters. The third-order valence-electron chi connectivity index (χ3n) is 3.65. The lowest BCUT2D eigenvalue weighted by Gasteiger charge is -2.26. The number of rotatable bonds is 7. The number of benzene rings is 1. The van der Waals surface area contributed by atoms with Gasteiger partial charge in [0.15, 0.2) is 6.61 Å². The molecule has 2 N–H and O–H groups in total. The highest BCUT2D eigenvalue weighted by molar-refractivity contribution is 7.89. The number of aliphatic hydroxyl groups excluding tert-OH is 1. The van der Waals surface area contributed by atoms with E-state index in [2.05, 4.69) is 5.32 Å². The zero-order valence-corrected chi connectivity index (χ0v) is 14.8. The molecule has 1 aliphatic rings. The van der Waals surface area contributed by atoms with Crippen LogP contribution in [0.1, 0.15) is 19.3 Å². The van der Waals surface area contributed by atoms with Crippen LogP contribution in [-0.4, -0.2) is 56.6 Å². The van der Waals surface area contributed by atoms with E-state index in [0.29, 0.717) is 13.1 Å². The molecule has 0 aliphatic carbocycles. The van der Waals surface area contributed by atoms with E-state index < -0.39 is 15.9 Å². The number of sulfonamides is 1. The molecule has 0 aromatic heterocycles. The third-order valence-corrected chi connectivity index (χ3v) is 5.84. The number of halogens is 1. The van der Waals surface area contributed by atoms with E-state index in [1.165, 1.54) is 22.5 Å². The summed E-state index contributed by atoms with van der Waals surface area (Å²) in [7, 11) is -3.56. The molecule has 0 radical (unpaired) electrons. The average molecular weight is 377 g/mol. The third kappa shape index (κ3) is 4.83. The van der Waals surface area contributed by atoms with E-state index in [9.17, 15) is 13.2 Å². The zero-order valence-electron chi connectivity index (χ0n) is 13.2. The molecule has 1 heterocycles. The Balaban J connectivity index is 2.04. The molecular formula is C15H21ClN2O5S. The number of aliphatic hydroxyl groups is 1. The molecule has 0 spiro atoms. The molecule has 134 valence electrons. The maximum Gasteiger partial charge on any atom is 0.258 e. The van der Waals surface area contributed by atoms with Crippen molar-refractivity contribution < 1.29 is 23.1 Å². The lowest BCUT2D eigenvalue weighted by Crippen LogP contribution is -2.35. The van der Waals surface area contributed by atoms with Crippen LogP contribution >= 0.6 is 11.6 Å². The van der Waals surface area contributed by atoms with E-state index >= 15 is 0 Å². The van der Waals surface area contributed by atoms with Gasteiger partial charge in [0, 0.05) is 19.6 Å². The van der Waals surface area contributed by atoms with Crippen LogP contribution in [0.5, 0.6) is 5.75 Å². The molecular weight excluding hydrogens is 356 g/mol. The fourth-order valence-electron chi connectivity index (χ4n) is 2.40. The number of ether oxygens (including phenoxy) is 1. The van der Waals surface area contributed by atoms with Crippen LogP contribution in [0.15, 0.2) is 23.1 Å². The highest BCUT2D eigenvalue weighted by atomic mass is 35.5. The smallest absolute Gasteiger partial charge is 0.258 e. The molecule has 7 nitrogen and oxygen atoms in total. The van der Waals surface area contributed by atoms with Gasteiger partial charge >= 0.3 is 0 Å². The number of hydrogen-bond acceptors (Lipinski definition) is 5. The van der Waals surface area contributed by atoms with Crippen LogP contribution in [0, 0.1) is 0 Å². The first-order valence-electron chi connectivity index (χ1n) is 7.75. The van der Waals surface area contributed by atoms with Crippen LogP contribution in [0.3, 0.4) is 0 Å². The first-order valence-corrected chi connectivity index (χ1v) is 9.57. The predicted octanol–water partition coefficient (Wildman–Crippen LogP) is 1.00. The molecule has 9 heteroatoms. The van der Waals surface area contributed by atoms with Crippen molar-refractivity contribution in [1.29, 1.82) is 0 Å². The van der Waals surface area contributed by atoms with Gasteiger partial charge in [-0.2, -0.15) is 4.31 Å². The van der Waals surface area contributed by atoms with Gasteiger partial charge in [-0.3, -0.25) is 4.79 Å². The zero-order chi connectivity index (χ0) is 17.6. The first-order chi connectivity index (χ1) is 11.4. The standard InChI is InChI=1S/C15H21ClN2O5S/c16-13-10-12(24(21,22)18-7-2-1-3-8-18)4-5-14(13)23-11-15(20)17-6-9-19/h4-5,10,19H,1-3,6-9,11H2,(H,17,20). The van der Waals surface area contributed by atoms with Crippen LogP contribution in [0.25, 0.3) is 0 Å². The molecule has 24 heavy (non-hydrogen) atoms. The second kappa shape index (κ2) is 8.66. The Labute approximate surface area is 146 Å². The van der Waals surface area contributed by atoms with Crippen molar-refractivity contribution in [3.05, 3.63) is 23.2 Å². The number of nitrogens with zero attached hydrogens (tertiary/aromatic N) is 1. The van der Waals surface area contributed by atoms with E-state index in [1.807, 2.05) is 0 Å². The van der Waals surface area contributed by atoms with Crippen LogP contribution < -0.4 is 10.1 Å². The number of hydrogen-bond donors (Lipinski definition) is 2. The van der Waals surface area contributed by atoms with Gasteiger partial charge in [0.05, 0.1) is 16.5 Å². The van der Waals surface area contributed by atoms with E-state index in [0.717, 1.165) is 19.3 Å². The Kier molecular flexibility index (Phi) is 6.85. The van der Waals surface area contributed by atoms with Gasteiger partial charge in [-0.05, 0) is 31.0 Å². The summed E-state index contributed by atoms with van der Waals surface area (Å²) in [4.78, 5) is 11.5. The van der Waals surface area contributed by atoms with Gasteiger partial charge in [0.25, 0.3) is 5.91 Å². The van der Waals surface area contributed by atoms with E-state index in [4.69, 9.17) is 21.4 Å². The SMILES string of the molecule is O=C(COc1ccc(S(=O)(=O)N2CCCCC2)cc1Cl)NCCO. The highest BCUT2D eigenvalue weighted by Gasteiger charge is 2.26. The average Bonchev–Trinajstić information content (AvgIpc) is 2.59. The normalized spacial score (nSPS) is 15.9. The molecule has 1 aromatic carbocycles. The molecule has 2 rings (SSSR count). The van der Waals surface area contributed by atoms with Crippen molar-refractivity contribution in [3.63, 3.8) is 0 Å². The number of carbonyl (C=O) groups excluding carboxylic acids is 1. The Morgan fingerprint density at radius 2 is 2.00 bits per heavy atom. The minimum Gasteiger partial charge on any atom is -0.482 e. The second-order valence-electron chi connectivity index (χ2n) is 5.42. The van der Waals surface area contributed by atoms with E-state index in [-0.39, 0.29) is 35.4 Å². The number of nitrogens with one attached hydrogen (secondary N) is 1. The molecule has 1 aromatic rings. The highest BCUT2D eigenvalue weighted by Crippen LogP contribution is 2.29. The van der Waals surface area contributed by atoms with Gasteiger partial charge in [-0.25, -0.2) is 8.42 Å². The molecule has 0 saturated carbocycles. The van der Waals surface area contributed by atoms with E-state index in [1.54, 1.807) is 0 Å². The predicted molar refractivity (Wildman–Crippen MR) is 89.7 cm³/mol. The summed E-state index contributed by atoms with van der Waals surface area (Å²) in [5.74, 6) is -0.168. The quantitative estimate of drug-likeness (QED) is 0.740. The van der Waals surface area contributed by atoms with Gasteiger partial charge < -0.3 is 15.2 Å². The first kappa shape index (κ1) is 19.0. The van der Waals surface area contributed by atoms with Crippen LogP contribution in [-0.2, 0) is 14.8 Å². The van der Waals surface area contributed by atoms with Crippen LogP contribution in [0.2, 0.25) is 5.02 Å². The molecule has 1 saturated heterocycles. The second-order valence-corrected chi connectivity index (χ2v) is 7.76. The topological polar surface area (TPSA) is 95.9 Å². The minimum absolute atomic E-state index is 0.117. The molecule has 1 amide bonds. The summed E-state index contributed by atoms with van der Waals surface area (Å²) < 4.78 is 31.9. The Bertz CT molecular complexity index is 674. The lowest BCUT2D eigenvalue weighted by molar-refractivity contribution is -0.123. The van der Waals surface area contributed by atoms with Crippen molar-refractivity contribution in [2.45, 2.75) is 24.2 Å². The number of carbonyl (C=O) groups is 1. The number of amides is 1. The lowest BCUT2D eigenvalue weighted by atomic mass is 10.2. The van der Waals surface area contributed by atoms with Gasteiger partial charge in [0.2, 0.25) is 10.0 Å². The van der Waals surface area contributed by atoms with Crippen molar-refractivity contribution >= 4 is 27.5 Å². The maximum atomic E-state index is 12.6. The van der Waals surface area contributed by atoms with Crippen molar-refractivity contribution in [2.24, 2.45) is 0 Å². The fourth-order valence-corrected chi connectivity index (χ4v) is 4.25. The summed E-state index contributed by atoms with van der Waals surface area (Å²) in [5.41, 5.74) is 0. The Hall–Kier alpha value is -1.35. The minimum atomic E-state index is -3.56. The van der Waals surface area contributed by atoms with Gasteiger partial charge in [-0.15, -0.1) is 0 Å². The monoisotopic (exact) mass is 376 g/mol. The van der Waals surface area contributed by atoms with Crippen molar-refractivity contribution in [2.75, 3.05) is 32.8 Å². The number of piperidine rings is 1. The van der Waals surface area contributed by atoms with Crippen LogP contribution in [0.4, 0.5) is 0 Å². The van der Waals surface area contributed by atoms with Gasteiger partial charge in [0.1, 0.15) is 5.75 Å². The molecule has 0 bridgehead atoms. The Morgan fingerprint density at radius 1 is 1.29 bits per heavy atom. The largest absolute Gasteiger partial charge is 0.482 e. The summed E-state index contributed by atoms with van der Waals surface area (Å²) in [6.07, 6.45) is 2.76. The summed E-state index contributed by atoms with van der Waals surface area (Å²) >= 11 is 6.08. The Morgan fingerprint density at radius 3 is 2.62 bits per heavy atom. The fraction of sp³-hybridized carbons (Fsp3) is 0.533. The summed E-state index contributed by atoms with van der Waals surface area (Å²) in [6, 6.07) is 4.21. The summed E-state index contributed by atoms with van der Waals surface area (Å²) in [6.45, 7) is 0.753.